The van der Waals surface area contributed by atoms with Crippen LogP contribution in [0.3, 0.4) is 0 Å². The molecule has 16 heavy (non-hydrogen) atoms. The molecule has 0 aromatic carbocycles. The fourth-order valence-corrected chi connectivity index (χ4v) is 1.95. The molecule has 0 aliphatic carbocycles. The van der Waals surface area contributed by atoms with Crippen LogP contribution in [-0.2, 0) is 6.54 Å². The Kier molecular flexibility index (Phi) is 6.64. The van der Waals surface area contributed by atoms with E-state index in [1.807, 2.05) is 4.68 Å². The standard InChI is InChI=1S/C11H21BrN4/c1-10(2)16-11(14-9-15-16)8-13-7-5-3-4-6-12/h9-10,13H,3-8H2,1-2H3. The van der Waals surface area contributed by atoms with E-state index in [1.165, 1.54) is 19.3 Å². The van der Waals surface area contributed by atoms with Gasteiger partial charge < -0.3 is 5.32 Å². The molecule has 0 aliphatic heterocycles. The normalized spacial score (nSPS) is 11.2. The van der Waals surface area contributed by atoms with Gasteiger partial charge in [0.25, 0.3) is 0 Å². The lowest BCUT2D eigenvalue weighted by molar-refractivity contribution is 0.487. The van der Waals surface area contributed by atoms with E-state index in [4.69, 9.17) is 0 Å². The molecule has 0 atom stereocenters. The van der Waals surface area contributed by atoms with Crippen LogP contribution in [0.2, 0.25) is 0 Å². The molecule has 1 heterocycles. The Morgan fingerprint density at radius 3 is 2.88 bits per heavy atom. The summed E-state index contributed by atoms with van der Waals surface area (Å²) in [6.07, 6.45) is 5.38. The van der Waals surface area contributed by atoms with E-state index in [0.717, 1.165) is 24.2 Å². The van der Waals surface area contributed by atoms with E-state index in [-0.39, 0.29) is 0 Å². The van der Waals surface area contributed by atoms with E-state index in [0.29, 0.717) is 6.04 Å². The van der Waals surface area contributed by atoms with Crippen molar-refractivity contribution in [2.75, 3.05) is 11.9 Å². The summed E-state index contributed by atoms with van der Waals surface area (Å²) in [4.78, 5) is 4.25. The van der Waals surface area contributed by atoms with Gasteiger partial charge in [-0.25, -0.2) is 9.67 Å². The van der Waals surface area contributed by atoms with E-state index in [9.17, 15) is 0 Å². The zero-order chi connectivity index (χ0) is 11.8. The van der Waals surface area contributed by atoms with Crippen LogP contribution in [0.25, 0.3) is 0 Å². The summed E-state index contributed by atoms with van der Waals surface area (Å²) in [5.74, 6) is 1.02. The molecule has 0 saturated carbocycles. The molecule has 0 amide bonds. The lowest BCUT2D eigenvalue weighted by Gasteiger charge is -2.09. The molecule has 1 aromatic rings. The van der Waals surface area contributed by atoms with Gasteiger partial charge in [-0.2, -0.15) is 5.10 Å². The van der Waals surface area contributed by atoms with Crippen LogP contribution in [0.4, 0.5) is 0 Å². The molecule has 0 spiro atoms. The second-order valence-electron chi connectivity index (χ2n) is 4.14. The van der Waals surface area contributed by atoms with Crippen LogP contribution in [0.1, 0.15) is 45.0 Å². The lowest BCUT2D eigenvalue weighted by Crippen LogP contribution is -2.19. The summed E-state index contributed by atoms with van der Waals surface area (Å²) in [7, 11) is 0. The number of unbranched alkanes of at least 4 members (excludes halogenated alkanes) is 2. The summed E-state index contributed by atoms with van der Waals surface area (Å²) in [5, 5.41) is 8.71. The number of aromatic nitrogens is 3. The minimum absolute atomic E-state index is 0.382. The number of rotatable bonds is 8. The van der Waals surface area contributed by atoms with Gasteiger partial charge in [0.05, 0.1) is 6.54 Å². The summed E-state index contributed by atoms with van der Waals surface area (Å²) in [6, 6.07) is 0.382. The first kappa shape index (κ1) is 13.6. The molecule has 0 unspecified atom stereocenters. The number of alkyl halides is 1. The third kappa shape index (κ3) is 4.61. The van der Waals surface area contributed by atoms with Gasteiger partial charge in [0.2, 0.25) is 0 Å². The van der Waals surface area contributed by atoms with Crippen LogP contribution >= 0.6 is 15.9 Å². The first-order chi connectivity index (χ1) is 7.75. The van der Waals surface area contributed by atoms with Gasteiger partial charge in [0.15, 0.2) is 0 Å². The molecule has 0 aliphatic rings. The van der Waals surface area contributed by atoms with Gasteiger partial charge in [-0.05, 0) is 33.2 Å². The molecule has 0 bridgehead atoms. The van der Waals surface area contributed by atoms with Crippen LogP contribution in [0.15, 0.2) is 6.33 Å². The Bertz CT molecular complexity index is 285. The molecule has 1 rings (SSSR count). The Hall–Kier alpha value is -0.420. The average Bonchev–Trinajstić information content (AvgIpc) is 2.71. The first-order valence-corrected chi connectivity index (χ1v) is 7.03. The summed E-state index contributed by atoms with van der Waals surface area (Å²) < 4.78 is 1.96. The zero-order valence-corrected chi connectivity index (χ0v) is 11.7. The Labute approximate surface area is 106 Å². The highest BCUT2D eigenvalue weighted by molar-refractivity contribution is 9.09. The van der Waals surface area contributed by atoms with Gasteiger partial charge >= 0.3 is 0 Å². The molecule has 0 saturated heterocycles. The van der Waals surface area contributed by atoms with Crippen molar-refractivity contribution in [1.82, 2.24) is 20.1 Å². The van der Waals surface area contributed by atoms with Crippen molar-refractivity contribution in [2.24, 2.45) is 0 Å². The molecule has 1 aromatic heterocycles. The van der Waals surface area contributed by atoms with Crippen molar-refractivity contribution in [2.45, 2.75) is 45.7 Å². The van der Waals surface area contributed by atoms with E-state index < -0.39 is 0 Å². The quantitative estimate of drug-likeness (QED) is 0.590. The predicted molar refractivity (Wildman–Crippen MR) is 69.8 cm³/mol. The zero-order valence-electron chi connectivity index (χ0n) is 10.1. The fraction of sp³-hybridized carbons (Fsp3) is 0.818. The second-order valence-corrected chi connectivity index (χ2v) is 4.93. The highest BCUT2D eigenvalue weighted by Gasteiger charge is 2.05. The monoisotopic (exact) mass is 288 g/mol. The molecular formula is C11H21BrN4. The van der Waals surface area contributed by atoms with Crippen molar-refractivity contribution < 1.29 is 0 Å². The number of nitrogens with zero attached hydrogens (tertiary/aromatic N) is 3. The van der Waals surface area contributed by atoms with Gasteiger partial charge in [0.1, 0.15) is 12.2 Å². The minimum atomic E-state index is 0.382. The highest BCUT2D eigenvalue weighted by Crippen LogP contribution is 2.04. The predicted octanol–water partition coefficient (Wildman–Crippen LogP) is 2.51. The molecule has 0 radical (unpaired) electrons. The van der Waals surface area contributed by atoms with Crippen molar-refractivity contribution in [1.29, 1.82) is 0 Å². The van der Waals surface area contributed by atoms with Crippen LogP contribution < -0.4 is 5.32 Å². The number of halogens is 1. The highest BCUT2D eigenvalue weighted by atomic mass is 79.9. The maximum Gasteiger partial charge on any atom is 0.141 e. The molecular weight excluding hydrogens is 268 g/mol. The molecule has 5 heteroatoms. The maximum absolute atomic E-state index is 4.25. The van der Waals surface area contributed by atoms with E-state index in [1.54, 1.807) is 6.33 Å². The Morgan fingerprint density at radius 1 is 1.38 bits per heavy atom. The minimum Gasteiger partial charge on any atom is -0.310 e. The molecule has 92 valence electrons. The van der Waals surface area contributed by atoms with E-state index in [2.05, 4.69) is 45.2 Å². The van der Waals surface area contributed by atoms with Crippen molar-refractivity contribution in [3.63, 3.8) is 0 Å². The van der Waals surface area contributed by atoms with Crippen LogP contribution in [0, 0.1) is 0 Å². The molecule has 1 N–H and O–H groups in total. The molecule has 0 fully saturated rings. The van der Waals surface area contributed by atoms with E-state index >= 15 is 0 Å². The smallest absolute Gasteiger partial charge is 0.141 e. The average molecular weight is 289 g/mol. The van der Waals surface area contributed by atoms with Crippen LogP contribution in [0.5, 0.6) is 0 Å². The molecule has 4 nitrogen and oxygen atoms in total. The lowest BCUT2D eigenvalue weighted by atomic mass is 10.2. The fourth-order valence-electron chi connectivity index (χ4n) is 1.55. The first-order valence-electron chi connectivity index (χ1n) is 5.90. The third-order valence-electron chi connectivity index (χ3n) is 2.41. The van der Waals surface area contributed by atoms with Crippen molar-refractivity contribution in [3.05, 3.63) is 12.2 Å². The van der Waals surface area contributed by atoms with Gasteiger partial charge in [-0.3, -0.25) is 0 Å². The summed E-state index contributed by atoms with van der Waals surface area (Å²) in [5.41, 5.74) is 0. The van der Waals surface area contributed by atoms with Gasteiger partial charge in [-0.1, -0.05) is 22.4 Å². The number of nitrogens with one attached hydrogen (secondary N) is 1. The Balaban J connectivity index is 2.19. The summed E-state index contributed by atoms with van der Waals surface area (Å²) >= 11 is 3.43. The largest absolute Gasteiger partial charge is 0.310 e. The van der Waals surface area contributed by atoms with Gasteiger partial charge in [-0.15, -0.1) is 0 Å². The number of hydrogen-bond donors (Lipinski definition) is 1. The summed E-state index contributed by atoms with van der Waals surface area (Å²) in [6.45, 7) is 6.10. The van der Waals surface area contributed by atoms with Crippen LogP contribution in [-0.4, -0.2) is 26.6 Å². The Morgan fingerprint density at radius 2 is 2.19 bits per heavy atom. The number of hydrogen-bond acceptors (Lipinski definition) is 3. The SMILES string of the molecule is CC(C)n1ncnc1CNCCCCCBr. The van der Waals surface area contributed by atoms with Crippen molar-refractivity contribution >= 4 is 15.9 Å². The topological polar surface area (TPSA) is 42.7 Å². The second kappa shape index (κ2) is 7.79. The third-order valence-corrected chi connectivity index (χ3v) is 2.97. The van der Waals surface area contributed by atoms with Gasteiger partial charge in [0, 0.05) is 11.4 Å². The van der Waals surface area contributed by atoms with Crippen molar-refractivity contribution in [3.8, 4) is 0 Å². The maximum atomic E-state index is 4.25.